The van der Waals surface area contributed by atoms with Crippen LogP contribution < -0.4 is 5.32 Å². The van der Waals surface area contributed by atoms with E-state index in [0.29, 0.717) is 34.1 Å². The van der Waals surface area contributed by atoms with Crippen molar-refractivity contribution in [1.82, 2.24) is 15.2 Å². The standard InChI is InChI=1S/C18H13BrN4O2/c1-10-20-15-8-13(6-7-17(15)25-10)21-18(24)16-9-14(22-23-16)11-2-4-12(19)5-3-11/h2-9H,1H3,(H,21,24)(H,22,23). The highest BCUT2D eigenvalue weighted by Crippen LogP contribution is 2.22. The molecular weight excluding hydrogens is 384 g/mol. The molecular formula is C18H13BrN4O2. The molecule has 1 amide bonds. The van der Waals surface area contributed by atoms with Gasteiger partial charge in [-0.05, 0) is 36.4 Å². The third-order valence-corrected chi connectivity index (χ3v) is 4.24. The second kappa shape index (κ2) is 6.18. The molecule has 4 rings (SSSR count). The Bertz CT molecular complexity index is 1070. The molecule has 2 N–H and O–H groups in total. The number of aromatic amines is 1. The lowest BCUT2D eigenvalue weighted by molar-refractivity contribution is 0.102. The Morgan fingerprint density at radius 3 is 2.76 bits per heavy atom. The summed E-state index contributed by atoms with van der Waals surface area (Å²) in [5.41, 5.74) is 4.06. The number of halogens is 1. The highest BCUT2D eigenvalue weighted by molar-refractivity contribution is 9.10. The molecule has 0 aliphatic rings. The summed E-state index contributed by atoms with van der Waals surface area (Å²) in [6.07, 6.45) is 0. The molecule has 0 saturated heterocycles. The number of aryl methyl sites for hydroxylation is 1. The van der Waals surface area contributed by atoms with E-state index in [2.05, 4.69) is 36.4 Å². The van der Waals surface area contributed by atoms with Crippen LogP contribution in [0.3, 0.4) is 0 Å². The van der Waals surface area contributed by atoms with Crippen LogP contribution in [0.2, 0.25) is 0 Å². The maximum absolute atomic E-state index is 12.4. The zero-order valence-electron chi connectivity index (χ0n) is 13.2. The lowest BCUT2D eigenvalue weighted by atomic mass is 10.1. The van der Waals surface area contributed by atoms with Gasteiger partial charge in [-0.2, -0.15) is 5.10 Å². The summed E-state index contributed by atoms with van der Waals surface area (Å²) in [6, 6.07) is 14.8. The van der Waals surface area contributed by atoms with Gasteiger partial charge in [-0.25, -0.2) is 4.98 Å². The average Bonchev–Trinajstić information content (AvgIpc) is 3.21. The van der Waals surface area contributed by atoms with Crippen LogP contribution in [0.5, 0.6) is 0 Å². The number of anilines is 1. The molecule has 0 fully saturated rings. The first kappa shape index (κ1) is 15.6. The average molecular weight is 397 g/mol. The van der Waals surface area contributed by atoms with E-state index in [-0.39, 0.29) is 5.91 Å². The van der Waals surface area contributed by atoms with Crippen LogP contribution in [0.4, 0.5) is 5.69 Å². The molecule has 7 heteroatoms. The number of fused-ring (bicyclic) bond motifs is 1. The van der Waals surface area contributed by atoms with Gasteiger partial charge in [-0.15, -0.1) is 0 Å². The number of carbonyl (C=O) groups excluding carboxylic acids is 1. The minimum Gasteiger partial charge on any atom is -0.441 e. The first-order valence-electron chi connectivity index (χ1n) is 7.58. The molecule has 0 aliphatic carbocycles. The first-order valence-corrected chi connectivity index (χ1v) is 8.38. The van der Waals surface area contributed by atoms with Crippen molar-refractivity contribution in [3.63, 3.8) is 0 Å². The van der Waals surface area contributed by atoms with Crippen molar-refractivity contribution in [3.8, 4) is 11.3 Å². The maximum atomic E-state index is 12.4. The summed E-state index contributed by atoms with van der Waals surface area (Å²) in [7, 11) is 0. The van der Waals surface area contributed by atoms with Gasteiger partial charge in [0, 0.05) is 22.6 Å². The molecule has 124 valence electrons. The minimum absolute atomic E-state index is 0.268. The molecule has 0 saturated carbocycles. The third-order valence-electron chi connectivity index (χ3n) is 3.71. The maximum Gasteiger partial charge on any atom is 0.273 e. The highest BCUT2D eigenvalue weighted by atomic mass is 79.9. The number of hydrogen-bond acceptors (Lipinski definition) is 4. The molecule has 25 heavy (non-hydrogen) atoms. The fraction of sp³-hybridized carbons (Fsp3) is 0.0556. The van der Waals surface area contributed by atoms with Crippen molar-refractivity contribution in [3.05, 3.63) is 64.6 Å². The van der Waals surface area contributed by atoms with Gasteiger partial charge in [-0.1, -0.05) is 28.1 Å². The number of nitrogens with zero attached hydrogens (tertiary/aromatic N) is 2. The molecule has 0 aliphatic heterocycles. The summed E-state index contributed by atoms with van der Waals surface area (Å²) < 4.78 is 6.42. The summed E-state index contributed by atoms with van der Waals surface area (Å²) in [6.45, 7) is 1.78. The second-order valence-corrected chi connectivity index (χ2v) is 6.46. The van der Waals surface area contributed by atoms with Crippen LogP contribution in [0.15, 0.2) is 57.4 Å². The van der Waals surface area contributed by atoms with Crippen molar-refractivity contribution in [2.75, 3.05) is 5.32 Å². The van der Waals surface area contributed by atoms with Gasteiger partial charge in [0.1, 0.15) is 11.2 Å². The van der Waals surface area contributed by atoms with Gasteiger partial charge in [-0.3, -0.25) is 9.89 Å². The van der Waals surface area contributed by atoms with Gasteiger partial charge >= 0.3 is 0 Å². The molecule has 2 aromatic carbocycles. The predicted molar refractivity (Wildman–Crippen MR) is 98.4 cm³/mol. The van der Waals surface area contributed by atoms with Gasteiger partial charge in [0.2, 0.25) is 0 Å². The van der Waals surface area contributed by atoms with E-state index in [1.165, 1.54) is 0 Å². The van der Waals surface area contributed by atoms with Crippen molar-refractivity contribution >= 4 is 38.6 Å². The molecule has 2 aromatic heterocycles. The molecule has 4 aromatic rings. The van der Waals surface area contributed by atoms with E-state index in [1.807, 2.05) is 24.3 Å². The molecule has 0 bridgehead atoms. The van der Waals surface area contributed by atoms with Gasteiger partial charge in [0.15, 0.2) is 11.5 Å². The molecule has 0 radical (unpaired) electrons. The van der Waals surface area contributed by atoms with E-state index >= 15 is 0 Å². The Morgan fingerprint density at radius 2 is 1.96 bits per heavy atom. The van der Waals surface area contributed by atoms with Crippen molar-refractivity contribution < 1.29 is 9.21 Å². The number of rotatable bonds is 3. The monoisotopic (exact) mass is 396 g/mol. The van der Waals surface area contributed by atoms with Gasteiger partial charge < -0.3 is 9.73 Å². The predicted octanol–water partition coefficient (Wildman–Crippen LogP) is 4.54. The van der Waals surface area contributed by atoms with Crippen LogP contribution in [0.1, 0.15) is 16.4 Å². The number of benzene rings is 2. The lowest BCUT2D eigenvalue weighted by Gasteiger charge is -2.02. The molecule has 0 atom stereocenters. The molecule has 0 unspecified atom stereocenters. The summed E-state index contributed by atoms with van der Waals surface area (Å²) in [5.74, 6) is 0.321. The summed E-state index contributed by atoms with van der Waals surface area (Å²) >= 11 is 3.40. The van der Waals surface area contributed by atoms with Crippen molar-refractivity contribution in [2.45, 2.75) is 6.92 Å². The number of nitrogens with one attached hydrogen (secondary N) is 2. The van der Waals surface area contributed by atoms with Crippen LogP contribution in [-0.2, 0) is 0 Å². The van der Waals surface area contributed by atoms with E-state index < -0.39 is 0 Å². The second-order valence-electron chi connectivity index (χ2n) is 5.54. The molecule has 0 spiro atoms. The van der Waals surface area contributed by atoms with Crippen LogP contribution in [0.25, 0.3) is 22.4 Å². The fourth-order valence-electron chi connectivity index (χ4n) is 2.53. The van der Waals surface area contributed by atoms with Crippen LogP contribution in [0, 0.1) is 6.92 Å². The van der Waals surface area contributed by atoms with Crippen molar-refractivity contribution in [2.24, 2.45) is 0 Å². The third kappa shape index (κ3) is 3.18. The van der Waals surface area contributed by atoms with Crippen LogP contribution >= 0.6 is 15.9 Å². The van der Waals surface area contributed by atoms with E-state index in [4.69, 9.17) is 4.42 Å². The zero-order valence-corrected chi connectivity index (χ0v) is 14.8. The van der Waals surface area contributed by atoms with E-state index in [9.17, 15) is 4.79 Å². The smallest absolute Gasteiger partial charge is 0.273 e. The van der Waals surface area contributed by atoms with Gasteiger partial charge in [0.05, 0.1) is 5.69 Å². The molecule has 2 heterocycles. The summed E-state index contributed by atoms with van der Waals surface area (Å²) in [4.78, 5) is 16.7. The Morgan fingerprint density at radius 1 is 1.16 bits per heavy atom. The Kier molecular flexibility index (Phi) is 3.85. The quantitative estimate of drug-likeness (QED) is 0.532. The molecule has 6 nitrogen and oxygen atoms in total. The summed E-state index contributed by atoms with van der Waals surface area (Å²) in [5, 5.41) is 9.81. The number of oxazole rings is 1. The topological polar surface area (TPSA) is 83.8 Å². The van der Waals surface area contributed by atoms with E-state index in [1.54, 1.807) is 31.2 Å². The number of H-pyrrole nitrogens is 1. The number of hydrogen-bond donors (Lipinski definition) is 2. The minimum atomic E-state index is -0.268. The number of aromatic nitrogens is 3. The highest BCUT2D eigenvalue weighted by Gasteiger charge is 2.12. The Balaban J connectivity index is 1.55. The first-order chi connectivity index (χ1) is 12.1. The van der Waals surface area contributed by atoms with Crippen LogP contribution in [-0.4, -0.2) is 21.1 Å². The normalized spacial score (nSPS) is 11.0. The lowest BCUT2D eigenvalue weighted by Crippen LogP contribution is -2.12. The fourth-order valence-corrected chi connectivity index (χ4v) is 2.79. The van der Waals surface area contributed by atoms with E-state index in [0.717, 1.165) is 10.0 Å². The van der Waals surface area contributed by atoms with Gasteiger partial charge in [0.25, 0.3) is 5.91 Å². The zero-order chi connectivity index (χ0) is 17.4. The Labute approximate surface area is 151 Å². The largest absolute Gasteiger partial charge is 0.441 e. The SMILES string of the molecule is Cc1nc2cc(NC(=O)c3cc(-c4ccc(Br)cc4)n[nH]3)ccc2o1. The number of carbonyl (C=O) groups is 1. The number of amides is 1. The van der Waals surface area contributed by atoms with Crippen molar-refractivity contribution in [1.29, 1.82) is 0 Å². The Hall–Kier alpha value is -2.93.